The molecule has 56 valence electrons. The molecule has 0 aliphatic heterocycles. The number of alkyl halides is 1. The van der Waals surface area contributed by atoms with E-state index in [1.165, 1.54) is 12.0 Å². The van der Waals surface area contributed by atoms with E-state index in [-0.39, 0.29) is 0 Å². The molecule has 2 heteroatoms. The van der Waals surface area contributed by atoms with E-state index in [2.05, 4.69) is 11.1 Å². The highest BCUT2D eigenvalue weighted by Gasteiger charge is 1.90. The van der Waals surface area contributed by atoms with Crippen LogP contribution >= 0.6 is 11.6 Å². The van der Waals surface area contributed by atoms with Crippen molar-refractivity contribution >= 4 is 11.6 Å². The molecule has 1 nitrogen and oxygen atoms in total. The Bertz CT molecular complexity index is 158. The average Bonchev–Trinajstić information content (AvgIpc) is 2.41. The quantitative estimate of drug-likeness (QED) is 0.511. The fourth-order valence-electron chi connectivity index (χ4n) is 0.938. The number of hydrogen-bond donors (Lipinski definition) is 1. The van der Waals surface area contributed by atoms with Crippen molar-refractivity contribution in [2.24, 2.45) is 0 Å². The first-order chi connectivity index (χ1) is 4.93. The smallest absolute Gasteiger partial charge is 0.0223 e. The third kappa shape index (κ3) is 2.44. The summed E-state index contributed by atoms with van der Waals surface area (Å²) in [6.07, 6.45) is 7.45. The zero-order chi connectivity index (χ0) is 7.23. The summed E-state index contributed by atoms with van der Waals surface area (Å²) in [6.45, 7) is 0. The lowest BCUT2D eigenvalue weighted by atomic mass is 10.2. The van der Waals surface area contributed by atoms with E-state index < -0.39 is 0 Å². The molecule has 1 aromatic heterocycles. The summed E-state index contributed by atoms with van der Waals surface area (Å²) in [6, 6.07) is 2.11. The van der Waals surface area contributed by atoms with E-state index in [4.69, 9.17) is 11.6 Å². The number of aromatic amines is 1. The summed E-state index contributed by atoms with van der Waals surface area (Å²) >= 11 is 5.53. The molecule has 0 aliphatic rings. The van der Waals surface area contributed by atoms with Gasteiger partial charge in [-0.15, -0.1) is 11.6 Å². The summed E-state index contributed by atoms with van der Waals surface area (Å²) in [5, 5.41) is 0. The summed E-state index contributed by atoms with van der Waals surface area (Å²) in [4.78, 5) is 3.02. The summed E-state index contributed by atoms with van der Waals surface area (Å²) < 4.78 is 0. The lowest BCUT2D eigenvalue weighted by Gasteiger charge is -1.93. The maximum atomic E-state index is 5.53. The van der Waals surface area contributed by atoms with Crippen LogP contribution in [-0.4, -0.2) is 10.9 Å². The Balaban J connectivity index is 2.15. The molecule has 0 amide bonds. The zero-order valence-electron chi connectivity index (χ0n) is 5.94. The highest BCUT2D eigenvalue weighted by atomic mass is 35.5. The van der Waals surface area contributed by atoms with Crippen molar-refractivity contribution in [2.45, 2.75) is 19.3 Å². The fraction of sp³-hybridized carbons (Fsp3) is 0.500. The molecular formula is C8H12ClN. The SMILES string of the molecule is ClCCCCc1cc[nH]c1. The lowest BCUT2D eigenvalue weighted by molar-refractivity contribution is 0.800. The second-order valence-electron chi connectivity index (χ2n) is 2.37. The van der Waals surface area contributed by atoms with Crippen LogP contribution in [0.5, 0.6) is 0 Å². The van der Waals surface area contributed by atoms with Gasteiger partial charge < -0.3 is 4.98 Å². The van der Waals surface area contributed by atoms with Gasteiger partial charge in [-0.2, -0.15) is 0 Å². The number of aromatic nitrogens is 1. The van der Waals surface area contributed by atoms with Crippen LogP contribution in [0.15, 0.2) is 18.5 Å². The van der Waals surface area contributed by atoms with Crippen molar-refractivity contribution in [2.75, 3.05) is 5.88 Å². The van der Waals surface area contributed by atoms with Gasteiger partial charge in [0.25, 0.3) is 0 Å². The van der Waals surface area contributed by atoms with E-state index in [1.54, 1.807) is 0 Å². The summed E-state index contributed by atoms with van der Waals surface area (Å²) in [5.41, 5.74) is 1.38. The highest BCUT2D eigenvalue weighted by molar-refractivity contribution is 6.17. The molecule has 0 saturated carbocycles. The van der Waals surface area contributed by atoms with E-state index in [0.717, 1.165) is 18.7 Å². The molecule has 0 unspecified atom stereocenters. The van der Waals surface area contributed by atoms with Crippen LogP contribution in [0.4, 0.5) is 0 Å². The predicted molar refractivity (Wildman–Crippen MR) is 44.5 cm³/mol. The summed E-state index contributed by atoms with van der Waals surface area (Å²) in [5.74, 6) is 0.782. The van der Waals surface area contributed by atoms with Gasteiger partial charge in [0, 0.05) is 18.3 Å². The first kappa shape index (κ1) is 7.67. The van der Waals surface area contributed by atoms with Crippen molar-refractivity contribution in [3.05, 3.63) is 24.0 Å². The Hall–Kier alpha value is -0.430. The molecule has 0 atom stereocenters. The van der Waals surface area contributed by atoms with Gasteiger partial charge in [-0.05, 0) is 30.9 Å². The first-order valence-corrected chi connectivity index (χ1v) is 4.14. The third-order valence-corrected chi connectivity index (χ3v) is 1.78. The molecule has 0 spiro atoms. The van der Waals surface area contributed by atoms with E-state index in [0.29, 0.717) is 0 Å². The molecule has 0 aromatic carbocycles. The maximum Gasteiger partial charge on any atom is 0.0223 e. The van der Waals surface area contributed by atoms with Gasteiger partial charge in [0.15, 0.2) is 0 Å². The molecule has 0 radical (unpaired) electrons. The maximum absolute atomic E-state index is 5.53. The minimum absolute atomic E-state index is 0.782. The fourth-order valence-corrected chi connectivity index (χ4v) is 1.13. The average molecular weight is 158 g/mol. The molecule has 1 rings (SSSR count). The molecule has 1 N–H and O–H groups in total. The van der Waals surface area contributed by atoms with Gasteiger partial charge in [0.2, 0.25) is 0 Å². The molecule has 0 fully saturated rings. The Labute approximate surface area is 66.4 Å². The molecule has 1 heterocycles. The molecule has 0 bridgehead atoms. The van der Waals surface area contributed by atoms with E-state index >= 15 is 0 Å². The molecular weight excluding hydrogens is 146 g/mol. The van der Waals surface area contributed by atoms with E-state index in [9.17, 15) is 0 Å². The Morgan fingerprint density at radius 2 is 2.30 bits per heavy atom. The van der Waals surface area contributed by atoms with Crippen molar-refractivity contribution in [1.29, 1.82) is 0 Å². The van der Waals surface area contributed by atoms with Crippen molar-refractivity contribution in [1.82, 2.24) is 4.98 Å². The van der Waals surface area contributed by atoms with Crippen molar-refractivity contribution in [3.63, 3.8) is 0 Å². The van der Waals surface area contributed by atoms with Gasteiger partial charge in [-0.3, -0.25) is 0 Å². The third-order valence-electron chi connectivity index (χ3n) is 1.51. The standard InChI is InChI=1S/C8H12ClN/c9-5-2-1-3-8-4-6-10-7-8/h4,6-7,10H,1-3,5H2. The molecule has 10 heavy (non-hydrogen) atoms. The van der Waals surface area contributed by atoms with Crippen LogP contribution in [0.2, 0.25) is 0 Å². The number of unbranched alkanes of at least 4 members (excludes halogenated alkanes) is 1. The van der Waals surface area contributed by atoms with Crippen molar-refractivity contribution in [3.8, 4) is 0 Å². The number of aryl methyl sites for hydroxylation is 1. The molecule has 0 aliphatic carbocycles. The minimum Gasteiger partial charge on any atom is -0.367 e. The first-order valence-electron chi connectivity index (χ1n) is 3.61. The van der Waals surface area contributed by atoms with Gasteiger partial charge in [-0.1, -0.05) is 0 Å². The summed E-state index contributed by atoms with van der Waals surface area (Å²) in [7, 11) is 0. The largest absolute Gasteiger partial charge is 0.367 e. The van der Waals surface area contributed by atoms with Crippen LogP contribution in [0.25, 0.3) is 0 Å². The number of halogens is 1. The number of nitrogens with one attached hydrogen (secondary N) is 1. The highest BCUT2D eigenvalue weighted by Crippen LogP contribution is 2.03. The van der Waals surface area contributed by atoms with Crippen LogP contribution in [0, 0.1) is 0 Å². The molecule has 0 saturated heterocycles. The van der Waals surface area contributed by atoms with Gasteiger partial charge in [0.1, 0.15) is 0 Å². The van der Waals surface area contributed by atoms with Gasteiger partial charge >= 0.3 is 0 Å². The Morgan fingerprint density at radius 1 is 1.40 bits per heavy atom. The van der Waals surface area contributed by atoms with Crippen LogP contribution in [0.3, 0.4) is 0 Å². The predicted octanol–water partition coefficient (Wildman–Crippen LogP) is 2.58. The lowest BCUT2D eigenvalue weighted by Crippen LogP contribution is -1.82. The van der Waals surface area contributed by atoms with Crippen LogP contribution < -0.4 is 0 Å². The Kier molecular flexibility index (Phi) is 3.37. The van der Waals surface area contributed by atoms with Gasteiger partial charge in [0.05, 0.1) is 0 Å². The van der Waals surface area contributed by atoms with Crippen LogP contribution in [-0.2, 0) is 6.42 Å². The van der Waals surface area contributed by atoms with Crippen molar-refractivity contribution < 1.29 is 0 Å². The normalized spacial score (nSPS) is 10.1. The zero-order valence-corrected chi connectivity index (χ0v) is 6.69. The number of hydrogen-bond acceptors (Lipinski definition) is 0. The minimum atomic E-state index is 0.782. The topological polar surface area (TPSA) is 15.8 Å². The Morgan fingerprint density at radius 3 is 2.90 bits per heavy atom. The van der Waals surface area contributed by atoms with Gasteiger partial charge in [-0.25, -0.2) is 0 Å². The monoisotopic (exact) mass is 157 g/mol. The van der Waals surface area contributed by atoms with E-state index in [1.807, 2.05) is 12.4 Å². The number of rotatable bonds is 4. The number of H-pyrrole nitrogens is 1. The molecule has 1 aromatic rings. The van der Waals surface area contributed by atoms with Crippen LogP contribution in [0.1, 0.15) is 18.4 Å². The second-order valence-corrected chi connectivity index (χ2v) is 2.74. The second kappa shape index (κ2) is 4.40.